The molecule has 0 aliphatic rings. The summed E-state index contributed by atoms with van der Waals surface area (Å²) in [7, 11) is 0. The smallest absolute Gasteiger partial charge is 0.167 e. The van der Waals surface area contributed by atoms with Crippen LogP contribution in [0.3, 0.4) is 0 Å². The van der Waals surface area contributed by atoms with Crippen LogP contribution in [-0.2, 0) is 4.74 Å². The average molecular weight is 509 g/mol. The third kappa shape index (κ3) is 27.9. The van der Waals surface area contributed by atoms with Crippen LogP contribution in [0.1, 0.15) is 6.42 Å². The van der Waals surface area contributed by atoms with Crippen LogP contribution in [0, 0.1) is 0 Å². The van der Waals surface area contributed by atoms with Gasteiger partial charge in [-0.05, 0) is 13.0 Å². The van der Waals surface area contributed by atoms with E-state index in [4.69, 9.17) is 16.2 Å². The van der Waals surface area contributed by atoms with E-state index in [1.807, 2.05) is 0 Å². The molecular weight excluding hydrogens is 452 g/mol. The maximum Gasteiger partial charge on any atom is 0.167 e. The second-order valence-corrected chi connectivity index (χ2v) is 8.22. The van der Waals surface area contributed by atoms with E-state index in [1.54, 1.807) is 0 Å². The minimum absolute atomic E-state index is 0.112. The zero-order valence-corrected chi connectivity index (χ0v) is 21.8. The maximum atomic E-state index is 10.0. The molecule has 0 aliphatic carbocycles. The Morgan fingerprint density at radius 3 is 1.23 bits per heavy atom. The van der Waals surface area contributed by atoms with Gasteiger partial charge < -0.3 is 69.0 Å². The Balaban J connectivity index is 3.41. The first-order valence-corrected chi connectivity index (χ1v) is 13.2. The lowest BCUT2D eigenvalue weighted by Crippen LogP contribution is -2.39. The first-order valence-electron chi connectivity index (χ1n) is 13.2. The zero-order chi connectivity index (χ0) is 25.7. The summed E-state index contributed by atoms with van der Waals surface area (Å²) in [6.45, 7) is 14.6. The van der Waals surface area contributed by atoms with Crippen molar-refractivity contribution in [3.63, 3.8) is 0 Å². The normalized spacial score (nSPS) is 13.4. The fourth-order valence-corrected chi connectivity index (χ4v) is 3.10. The van der Waals surface area contributed by atoms with Crippen molar-refractivity contribution in [2.75, 3.05) is 124 Å². The first-order chi connectivity index (χ1) is 17.2. The van der Waals surface area contributed by atoms with Gasteiger partial charge in [-0.2, -0.15) is 0 Å². The number of hydrogen-bond donors (Lipinski definition) is 12. The summed E-state index contributed by atoms with van der Waals surface area (Å²) >= 11 is 0. The van der Waals surface area contributed by atoms with Crippen LogP contribution in [0.5, 0.6) is 0 Å². The highest BCUT2D eigenvalue weighted by Crippen LogP contribution is 2.00. The molecule has 0 saturated heterocycles. The average Bonchev–Trinajstić information content (AvgIpc) is 2.86. The fourth-order valence-electron chi connectivity index (χ4n) is 3.10. The Kier molecular flexibility index (Phi) is 29.3. The van der Waals surface area contributed by atoms with Gasteiger partial charge in [0, 0.05) is 111 Å². The molecule has 0 saturated carbocycles. The molecule has 0 bridgehead atoms. The molecule has 0 amide bonds. The molecule has 0 aromatic carbocycles. The molecule has 212 valence electrons. The summed E-state index contributed by atoms with van der Waals surface area (Å²) in [6.07, 6.45) is -0.677. The lowest BCUT2D eigenvalue weighted by atomic mass is 10.2. The summed E-state index contributed by atoms with van der Waals surface area (Å²) in [5.41, 5.74) is 10.8. The second kappa shape index (κ2) is 29.7. The van der Waals surface area contributed by atoms with Gasteiger partial charge in [0.2, 0.25) is 0 Å². The van der Waals surface area contributed by atoms with E-state index < -0.39 is 6.29 Å². The Bertz CT molecular complexity index is 402. The van der Waals surface area contributed by atoms with Crippen LogP contribution in [-0.4, -0.2) is 147 Å². The number of nitrogens with one attached hydrogen (secondary N) is 8. The highest BCUT2D eigenvalue weighted by Gasteiger charge is 2.13. The van der Waals surface area contributed by atoms with Crippen LogP contribution in [0.25, 0.3) is 0 Å². The van der Waals surface area contributed by atoms with Crippen molar-refractivity contribution in [3.8, 4) is 0 Å². The Hall–Kier alpha value is -0.520. The largest absolute Gasteiger partial charge is 0.394 e. The van der Waals surface area contributed by atoms with Crippen molar-refractivity contribution in [1.82, 2.24) is 42.5 Å². The number of aliphatic hydroxyl groups excluding tert-OH is 2. The molecule has 13 nitrogen and oxygen atoms in total. The minimum Gasteiger partial charge on any atom is -0.394 e. The predicted octanol–water partition coefficient (Wildman–Crippen LogP) is -5.29. The molecule has 0 rings (SSSR count). The van der Waals surface area contributed by atoms with E-state index in [9.17, 15) is 10.2 Å². The standard InChI is InChI=1S/C22H56N10O3/c23-2-5-26-8-11-29-14-13-28-10-7-25-4-1-21(20-33)35-22(34)19-32-18-17-31-16-15-30-12-9-27-6-3-24/h21-22,25-34H,1-20,23-24H2. The molecule has 0 heterocycles. The third-order valence-corrected chi connectivity index (χ3v) is 5.03. The Labute approximate surface area is 212 Å². The predicted molar refractivity (Wildman–Crippen MR) is 144 cm³/mol. The highest BCUT2D eigenvalue weighted by molar-refractivity contribution is 4.63. The highest BCUT2D eigenvalue weighted by atomic mass is 16.6. The van der Waals surface area contributed by atoms with Crippen LogP contribution in [0.2, 0.25) is 0 Å². The van der Waals surface area contributed by atoms with Crippen molar-refractivity contribution in [1.29, 1.82) is 0 Å². The van der Waals surface area contributed by atoms with Crippen molar-refractivity contribution in [2.45, 2.75) is 18.8 Å². The molecule has 0 spiro atoms. The number of rotatable bonds is 30. The summed E-state index contributed by atoms with van der Waals surface area (Å²) in [4.78, 5) is 0. The van der Waals surface area contributed by atoms with E-state index in [0.29, 0.717) is 26.1 Å². The quantitative estimate of drug-likeness (QED) is 0.0325. The maximum absolute atomic E-state index is 10.0. The van der Waals surface area contributed by atoms with Gasteiger partial charge in [-0.25, -0.2) is 0 Å². The first kappa shape index (κ1) is 34.5. The van der Waals surface area contributed by atoms with Gasteiger partial charge in [0.05, 0.1) is 12.7 Å². The van der Waals surface area contributed by atoms with Gasteiger partial charge in [-0.3, -0.25) is 0 Å². The van der Waals surface area contributed by atoms with Gasteiger partial charge in [0.25, 0.3) is 0 Å². The van der Waals surface area contributed by atoms with Gasteiger partial charge in [-0.1, -0.05) is 0 Å². The van der Waals surface area contributed by atoms with Gasteiger partial charge in [-0.15, -0.1) is 0 Å². The lowest BCUT2D eigenvalue weighted by molar-refractivity contribution is -0.145. The molecule has 0 radical (unpaired) electrons. The van der Waals surface area contributed by atoms with Crippen molar-refractivity contribution in [3.05, 3.63) is 0 Å². The van der Waals surface area contributed by atoms with Crippen molar-refractivity contribution in [2.24, 2.45) is 11.5 Å². The number of nitrogens with two attached hydrogens (primary N) is 2. The molecule has 0 aromatic rings. The Morgan fingerprint density at radius 2 is 0.857 bits per heavy atom. The molecule has 2 atom stereocenters. The molecule has 2 unspecified atom stereocenters. The summed E-state index contributed by atoms with van der Waals surface area (Å²) in [6, 6.07) is 0. The molecule has 0 aliphatic heterocycles. The van der Waals surface area contributed by atoms with Crippen molar-refractivity contribution >= 4 is 0 Å². The van der Waals surface area contributed by atoms with Crippen LogP contribution >= 0.6 is 0 Å². The SMILES string of the molecule is NCCNCCNCCNCCNCCC(CO)OC(O)CNCCNCCNCCNCCN. The number of hydrogen-bond acceptors (Lipinski definition) is 13. The van der Waals surface area contributed by atoms with Gasteiger partial charge >= 0.3 is 0 Å². The molecule has 13 heteroatoms. The summed E-state index contributed by atoms with van der Waals surface area (Å²) in [5.74, 6) is 0. The van der Waals surface area contributed by atoms with E-state index >= 15 is 0 Å². The number of aliphatic hydroxyl groups is 2. The van der Waals surface area contributed by atoms with Crippen LogP contribution in [0.4, 0.5) is 0 Å². The van der Waals surface area contributed by atoms with E-state index in [1.165, 1.54) is 0 Å². The summed E-state index contributed by atoms with van der Waals surface area (Å²) < 4.78 is 5.53. The van der Waals surface area contributed by atoms with Gasteiger partial charge in [0.1, 0.15) is 0 Å². The molecule has 14 N–H and O–H groups in total. The van der Waals surface area contributed by atoms with E-state index in [0.717, 1.165) is 98.2 Å². The van der Waals surface area contributed by atoms with Crippen LogP contribution in [0.15, 0.2) is 0 Å². The minimum atomic E-state index is -0.936. The molecule has 0 fully saturated rings. The third-order valence-electron chi connectivity index (χ3n) is 5.03. The monoisotopic (exact) mass is 508 g/mol. The summed E-state index contributed by atoms with van der Waals surface area (Å²) in [5, 5.41) is 45.9. The zero-order valence-electron chi connectivity index (χ0n) is 21.8. The molecule has 35 heavy (non-hydrogen) atoms. The lowest BCUT2D eigenvalue weighted by Gasteiger charge is -2.20. The van der Waals surface area contributed by atoms with E-state index in [-0.39, 0.29) is 12.7 Å². The fraction of sp³-hybridized carbons (Fsp3) is 1.00. The van der Waals surface area contributed by atoms with Gasteiger partial charge in [0.15, 0.2) is 6.29 Å². The van der Waals surface area contributed by atoms with Crippen molar-refractivity contribution < 1.29 is 14.9 Å². The molecular formula is C22H56N10O3. The number of ether oxygens (including phenoxy) is 1. The molecule has 0 aromatic heterocycles. The van der Waals surface area contributed by atoms with Crippen LogP contribution < -0.4 is 54.0 Å². The van der Waals surface area contributed by atoms with E-state index in [2.05, 4.69) is 42.5 Å². The Morgan fingerprint density at radius 1 is 0.514 bits per heavy atom. The topological polar surface area (TPSA) is 198 Å². The second-order valence-electron chi connectivity index (χ2n) is 8.22.